The molecule has 0 saturated carbocycles. The predicted octanol–water partition coefficient (Wildman–Crippen LogP) is 3.54. The number of nitrogens with zero attached hydrogens (tertiary/aromatic N) is 3. The van der Waals surface area contributed by atoms with Gasteiger partial charge in [-0.1, -0.05) is 36.4 Å². The maximum atomic E-state index is 13.3. The molecule has 174 valence electrons. The minimum absolute atomic E-state index is 0.0686. The summed E-state index contributed by atoms with van der Waals surface area (Å²) in [5.41, 5.74) is 3.00. The topological polar surface area (TPSA) is 66.8 Å². The molecule has 2 saturated heterocycles. The molecule has 3 aromatic rings. The van der Waals surface area contributed by atoms with E-state index < -0.39 is 0 Å². The molecule has 0 radical (unpaired) electrons. The van der Waals surface area contributed by atoms with E-state index in [2.05, 4.69) is 5.32 Å². The quantitative estimate of drug-likeness (QED) is 0.437. The van der Waals surface area contributed by atoms with Crippen LogP contribution in [0.3, 0.4) is 0 Å². The van der Waals surface area contributed by atoms with Crippen LogP contribution in [0.15, 0.2) is 66.5 Å². The third-order valence-electron chi connectivity index (χ3n) is 6.25. The van der Waals surface area contributed by atoms with E-state index in [-0.39, 0.29) is 24.5 Å². The molecule has 2 aromatic carbocycles. The molecular formula is C26H26N4O3S. The molecule has 3 heterocycles. The Bertz CT molecular complexity index is 1280. The summed E-state index contributed by atoms with van der Waals surface area (Å²) in [5.74, 6) is -0.245. The van der Waals surface area contributed by atoms with Crippen molar-refractivity contribution in [2.24, 2.45) is 0 Å². The highest BCUT2D eigenvalue weighted by molar-refractivity contribution is 7.80. The van der Waals surface area contributed by atoms with Gasteiger partial charge in [0, 0.05) is 42.9 Å². The van der Waals surface area contributed by atoms with Crippen LogP contribution in [0.1, 0.15) is 18.4 Å². The van der Waals surface area contributed by atoms with Gasteiger partial charge in [0.05, 0.1) is 11.8 Å². The van der Waals surface area contributed by atoms with Gasteiger partial charge in [-0.3, -0.25) is 14.5 Å². The van der Waals surface area contributed by atoms with Crippen molar-refractivity contribution in [3.8, 4) is 0 Å². The van der Waals surface area contributed by atoms with E-state index in [1.807, 2.05) is 71.4 Å². The number of hydrogen-bond acceptors (Lipinski definition) is 4. The summed E-state index contributed by atoms with van der Waals surface area (Å²) in [5, 5.41) is 4.37. The number of carbonyl (C=O) groups is 2. The smallest absolute Gasteiger partial charge is 0.281 e. The van der Waals surface area contributed by atoms with Gasteiger partial charge in [0.25, 0.3) is 5.91 Å². The van der Waals surface area contributed by atoms with Crippen LogP contribution in [0.2, 0.25) is 0 Å². The molecule has 1 N–H and O–H groups in total. The zero-order valence-corrected chi connectivity index (χ0v) is 19.8. The number of carbonyl (C=O) groups excluding carboxylic acids is 2. The number of rotatable bonds is 6. The van der Waals surface area contributed by atoms with Gasteiger partial charge >= 0.3 is 0 Å². The van der Waals surface area contributed by atoms with Crippen LogP contribution in [0, 0.1) is 0 Å². The number of amides is 2. The highest BCUT2D eigenvalue weighted by atomic mass is 32.1. The van der Waals surface area contributed by atoms with Gasteiger partial charge in [-0.2, -0.15) is 0 Å². The summed E-state index contributed by atoms with van der Waals surface area (Å²) in [4.78, 5) is 29.2. The van der Waals surface area contributed by atoms with Gasteiger partial charge in [0.2, 0.25) is 5.91 Å². The van der Waals surface area contributed by atoms with Gasteiger partial charge in [0.15, 0.2) is 5.11 Å². The molecule has 5 rings (SSSR count). The second-order valence-electron chi connectivity index (χ2n) is 8.52. The largest absolute Gasteiger partial charge is 0.376 e. The zero-order chi connectivity index (χ0) is 23.7. The molecule has 0 unspecified atom stereocenters. The zero-order valence-electron chi connectivity index (χ0n) is 18.9. The molecule has 0 bridgehead atoms. The lowest BCUT2D eigenvalue weighted by Gasteiger charge is -2.16. The number of nitrogens with one attached hydrogen (secondary N) is 1. The van der Waals surface area contributed by atoms with E-state index in [1.54, 1.807) is 16.8 Å². The fourth-order valence-corrected chi connectivity index (χ4v) is 4.76. The van der Waals surface area contributed by atoms with Gasteiger partial charge in [-0.25, -0.2) is 0 Å². The number of thiocarbonyl (C=S) groups is 1. The Morgan fingerprint density at radius 1 is 1.18 bits per heavy atom. The molecule has 8 heteroatoms. The minimum Gasteiger partial charge on any atom is -0.376 e. The molecule has 1 atom stereocenters. The Labute approximate surface area is 203 Å². The molecular weight excluding hydrogens is 448 g/mol. The number of fused-ring (bicyclic) bond motifs is 1. The summed E-state index contributed by atoms with van der Waals surface area (Å²) >= 11 is 5.57. The first-order valence-corrected chi connectivity index (χ1v) is 11.8. The van der Waals surface area contributed by atoms with Gasteiger partial charge < -0.3 is 19.5 Å². The molecule has 1 aromatic heterocycles. The monoisotopic (exact) mass is 474 g/mol. The van der Waals surface area contributed by atoms with Crippen molar-refractivity contribution in [1.29, 1.82) is 0 Å². The Hall–Kier alpha value is -3.49. The Morgan fingerprint density at radius 2 is 1.94 bits per heavy atom. The molecule has 34 heavy (non-hydrogen) atoms. The van der Waals surface area contributed by atoms with E-state index in [0.717, 1.165) is 41.6 Å². The normalized spacial score (nSPS) is 19.6. The van der Waals surface area contributed by atoms with Crippen LogP contribution in [0.25, 0.3) is 17.0 Å². The highest BCUT2D eigenvalue weighted by Crippen LogP contribution is 2.30. The van der Waals surface area contributed by atoms with Crippen molar-refractivity contribution in [2.45, 2.75) is 25.5 Å². The average Bonchev–Trinajstić information content (AvgIpc) is 3.54. The molecule has 0 aliphatic carbocycles. The van der Waals surface area contributed by atoms with Crippen LogP contribution >= 0.6 is 12.2 Å². The lowest BCUT2D eigenvalue weighted by Crippen LogP contribution is -2.34. The van der Waals surface area contributed by atoms with E-state index in [1.165, 1.54) is 0 Å². The summed E-state index contributed by atoms with van der Waals surface area (Å²) in [7, 11) is 1.80. The predicted molar refractivity (Wildman–Crippen MR) is 136 cm³/mol. The van der Waals surface area contributed by atoms with E-state index in [9.17, 15) is 9.59 Å². The van der Waals surface area contributed by atoms with Crippen LogP contribution in [0.5, 0.6) is 0 Å². The third kappa shape index (κ3) is 4.22. The summed E-state index contributed by atoms with van der Waals surface area (Å²) in [6.07, 6.45) is 5.89. The second-order valence-corrected chi connectivity index (χ2v) is 8.88. The number of anilines is 1. The van der Waals surface area contributed by atoms with Crippen LogP contribution in [0.4, 0.5) is 5.69 Å². The Kier molecular flexibility index (Phi) is 6.17. The SMILES string of the molecule is CN1C(=S)N(c2ccccc2)C(=O)/C1=C/c1cn(CC(=O)NC[C@H]2CCCO2)c2ccccc12. The summed E-state index contributed by atoms with van der Waals surface area (Å²) < 4.78 is 7.51. The number of para-hydroxylation sites is 2. The average molecular weight is 475 g/mol. The Morgan fingerprint density at radius 3 is 2.71 bits per heavy atom. The number of aromatic nitrogens is 1. The third-order valence-corrected chi connectivity index (χ3v) is 6.71. The minimum atomic E-state index is -0.176. The molecule has 2 amide bonds. The first-order chi connectivity index (χ1) is 16.5. The van der Waals surface area contributed by atoms with Gasteiger partial charge in [-0.05, 0) is 49.3 Å². The Balaban J connectivity index is 1.42. The highest BCUT2D eigenvalue weighted by Gasteiger charge is 2.36. The summed E-state index contributed by atoms with van der Waals surface area (Å²) in [6.45, 7) is 1.48. The number of likely N-dealkylation sites (N-methyl/N-ethyl adjacent to an activating group) is 1. The number of benzene rings is 2. The first kappa shape index (κ1) is 22.3. The molecule has 0 spiro atoms. The fourth-order valence-electron chi connectivity index (χ4n) is 4.47. The molecule has 2 fully saturated rings. The molecule has 2 aliphatic rings. The maximum Gasteiger partial charge on any atom is 0.281 e. The van der Waals surface area contributed by atoms with Gasteiger partial charge in [-0.15, -0.1) is 0 Å². The maximum absolute atomic E-state index is 13.3. The van der Waals surface area contributed by atoms with Crippen molar-refractivity contribution >= 4 is 51.8 Å². The summed E-state index contributed by atoms with van der Waals surface area (Å²) in [6, 6.07) is 17.3. The second kappa shape index (κ2) is 9.40. The van der Waals surface area contributed by atoms with Crippen LogP contribution in [-0.4, -0.2) is 52.7 Å². The van der Waals surface area contributed by atoms with Crippen molar-refractivity contribution in [2.75, 3.05) is 25.1 Å². The standard InChI is InChI=1S/C26H26N4O3S/c1-28-23(25(32)30(26(28)34)19-8-3-2-4-9-19)14-18-16-29(22-12-6-5-11-21(18)22)17-24(31)27-15-20-10-7-13-33-20/h2-6,8-9,11-12,14,16,20H,7,10,13,15,17H2,1H3,(H,27,31)/b23-14-/t20-/m1/s1. The van der Waals surface area contributed by atoms with E-state index >= 15 is 0 Å². The number of hydrogen-bond donors (Lipinski definition) is 1. The lowest BCUT2D eigenvalue weighted by atomic mass is 10.1. The lowest BCUT2D eigenvalue weighted by molar-refractivity contribution is -0.122. The van der Waals surface area contributed by atoms with Crippen molar-refractivity contribution in [3.05, 3.63) is 72.1 Å². The first-order valence-electron chi connectivity index (χ1n) is 11.4. The van der Waals surface area contributed by atoms with Crippen molar-refractivity contribution in [1.82, 2.24) is 14.8 Å². The molecule has 7 nitrogen and oxygen atoms in total. The molecule has 2 aliphatic heterocycles. The van der Waals surface area contributed by atoms with Crippen LogP contribution in [-0.2, 0) is 20.9 Å². The number of ether oxygens (including phenoxy) is 1. The van der Waals surface area contributed by atoms with E-state index in [0.29, 0.717) is 17.4 Å². The van der Waals surface area contributed by atoms with Crippen molar-refractivity contribution in [3.63, 3.8) is 0 Å². The van der Waals surface area contributed by atoms with Crippen molar-refractivity contribution < 1.29 is 14.3 Å². The van der Waals surface area contributed by atoms with E-state index in [4.69, 9.17) is 17.0 Å². The van der Waals surface area contributed by atoms with Crippen LogP contribution < -0.4 is 10.2 Å². The van der Waals surface area contributed by atoms with Gasteiger partial charge in [0.1, 0.15) is 12.2 Å². The fraction of sp³-hybridized carbons (Fsp3) is 0.269.